The Hall–Kier alpha value is -1.22. The number of methoxy groups -OCH3 is 2. The molecule has 0 fully saturated rings. The molecule has 1 aromatic carbocycles. The molecule has 0 saturated heterocycles. The third-order valence-electron chi connectivity index (χ3n) is 3.19. The highest BCUT2D eigenvalue weighted by Crippen LogP contribution is 2.31. The molecule has 1 aromatic rings. The molecule has 0 saturated carbocycles. The quantitative estimate of drug-likeness (QED) is 0.826. The highest BCUT2D eigenvalue weighted by atomic mass is 16.5. The van der Waals surface area contributed by atoms with Gasteiger partial charge in [0.25, 0.3) is 0 Å². The van der Waals surface area contributed by atoms with Crippen LogP contribution in [0.15, 0.2) is 18.2 Å². The second kappa shape index (κ2) is 6.50. The molecule has 0 heterocycles. The summed E-state index contributed by atoms with van der Waals surface area (Å²) in [6.07, 6.45) is 2.15. The van der Waals surface area contributed by atoms with Gasteiger partial charge >= 0.3 is 0 Å². The Labute approximate surface area is 104 Å². The molecule has 0 amide bonds. The highest BCUT2D eigenvalue weighted by molar-refractivity contribution is 5.43. The molecule has 0 radical (unpaired) electrons. The molecule has 2 unspecified atom stereocenters. The smallest absolute Gasteiger partial charge is 0.161 e. The standard InChI is InChI=1S/C14H23NO2/c1-5-10(2)8-12(15)11-6-7-13(16-3)14(9-11)17-4/h6-7,9-10,12H,5,8,15H2,1-4H3. The minimum Gasteiger partial charge on any atom is -0.493 e. The average Bonchev–Trinajstić information content (AvgIpc) is 2.37. The van der Waals surface area contributed by atoms with E-state index in [1.165, 1.54) is 0 Å². The van der Waals surface area contributed by atoms with E-state index < -0.39 is 0 Å². The van der Waals surface area contributed by atoms with Crippen molar-refractivity contribution in [2.75, 3.05) is 14.2 Å². The van der Waals surface area contributed by atoms with E-state index in [9.17, 15) is 0 Å². The zero-order valence-corrected chi connectivity index (χ0v) is 11.2. The van der Waals surface area contributed by atoms with Gasteiger partial charge < -0.3 is 15.2 Å². The van der Waals surface area contributed by atoms with E-state index in [-0.39, 0.29) is 6.04 Å². The maximum atomic E-state index is 6.19. The first kappa shape index (κ1) is 13.8. The predicted octanol–water partition coefficient (Wildman–Crippen LogP) is 3.14. The third-order valence-corrected chi connectivity index (χ3v) is 3.19. The van der Waals surface area contributed by atoms with Gasteiger partial charge in [0.15, 0.2) is 11.5 Å². The van der Waals surface area contributed by atoms with E-state index in [4.69, 9.17) is 15.2 Å². The van der Waals surface area contributed by atoms with Crippen LogP contribution in [0.2, 0.25) is 0 Å². The predicted molar refractivity (Wildman–Crippen MR) is 70.5 cm³/mol. The van der Waals surface area contributed by atoms with Crippen LogP contribution in [0.1, 0.15) is 38.3 Å². The first-order chi connectivity index (χ1) is 8.12. The van der Waals surface area contributed by atoms with Crippen LogP contribution in [0.25, 0.3) is 0 Å². The lowest BCUT2D eigenvalue weighted by Crippen LogP contribution is -2.14. The molecule has 0 aliphatic rings. The van der Waals surface area contributed by atoms with Gasteiger partial charge in [0.2, 0.25) is 0 Å². The summed E-state index contributed by atoms with van der Waals surface area (Å²) in [6.45, 7) is 4.41. The monoisotopic (exact) mass is 237 g/mol. The van der Waals surface area contributed by atoms with E-state index in [2.05, 4.69) is 13.8 Å². The fraction of sp³-hybridized carbons (Fsp3) is 0.571. The maximum absolute atomic E-state index is 6.19. The van der Waals surface area contributed by atoms with Gasteiger partial charge in [-0.3, -0.25) is 0 Å². The zero-order valence-electron chi connectivity index (χ0n) is 11.2. The van der Waals surface area contributed by atoms with Gasteiger partial charge in [-0.2, -0.15) is 0 Å². The van der Waals surface area contributed by atoms with Crippen molar-refractivity contribution in [2.45, 2.75) is 32.7 Å². The number of hydrogen-bond acceptors (Lipinski definition) is 3. The van der Waals surface area contributed by atoms with Gasteiger partial charge in [0.05, 0.1) is 14.2 Å². The van der Waals surface area contributed by atoms with E-state index in [1.807, 2.05) is 18.2 Å². The molecule has 2 N–H and O–H groups in total. The first-order valence-electron chi connectivity index (χ1n) is 6.09. The summed E-state index contributed by atoms with van der Waals surface area (Å²) in [5.74, 6) is 2.12. The van der Waals surface area contributed by atoms with Crippen molar-refractivity contribution in [1.29, 1.82) is 0 Å². The van der Waals surface area contributed by atoms with E-state index in [0.717, 1.165) is 29.9 Å². The molecule has 96 valence electrons. The van der Waals surface area contributed by atoms with E-state index in [1.54, 1.807) is 14.2 Å². The molecule has 3 nitrogen and oxygen atoms in total. The van der Waals surface area contributed by atoms with Gasteiger partial charge in [-0.15, -0.1) is 0 Å². The second-order valence-electron chi connectivity index (χ2n) is 4.47. The number of benzene rings is 1. The summed E-state index contributed by atoms with van der Waals surface area (Å²) in [6, 6.07) is 5.94. The van der Waals surface area contributed by atoms with Crippen molar-refractivity contribution in [2.24, 2.45) is 11.7 Å². The molecule has 3 heteroatoms. The van der Waals surface area contributed by atoms with Crippen molar-refractivity contribution in [3.05, 3.63) is 23.8 Å². The van der Waals surface area contributed by atoms with Crippen molar-refractivity contribution in [1.82, 2.24) is 0 Å². The van der Waals surface area contributed by atoms with Crippen LogP contribution >= 0.6 is 0 Å². The first-order valence-corrected chi connectivity index (χ1v) is 6.09. The lowest BCUT2D eigenvalue weighted by Gasteiger charge is -2.17. The Morgan fingerprint density at radius 3 is 2.35 bits per heavy atom. The minimum absolute atomic E-state index is 0.0600. The van der Waals surface area contributed by atoms with Crippen molar-refractivity contribution in [3.8, 4) is 11.5 Å². The largest absolute Gasteiger partial charge is 0.493 e. The number of rotatable bonds is 6. The molecule has 0 aromatic heterocycles. The summed E-state index contributed by atoms with van der Waals surface area (Å²) in [5.41, 5.74) is 7.29. The molecule has 0 aliphatic heterocycles. The molecule has 0 bridgehead atoms. The maximum Gasteiger partial charge on any atom is 0.161 e. The molecule has 1 rings (SSSR count). The van der Waals surface area contributed by atoms with E-state index >= 15 is 0 Å². The Morgan fingerprint density at radius 2 is 1.82 bits per heavy atom. The fourth-order valence-corrected chi connectivity index (χ4v) is 1.82. The van der Waals surface area contributed by atoms with Crippen LogP contribution < -0.4 is 15.2 Å². The Morgan fingerprint density at radius 1 is 1.18 bits per heavy atom. The van der Waals surface area contributed by atoms with Crippen LogP contribution in [-0.4, -0.2) is 14.2 Å². The minimum atomic E-state index is 0.0600. The summed E-state index contributed by atoms with van der Waals surface area (Å²) < 4.78 is 10.5. The van der Waals surface area contributed by atoms with Gasteiger partial charge in [-0.25, -0.2) is 0 Å². The molecule has 0 aliphatic carbocycles. The lowest BCUT2D eigenvalue weighted by molar-refractivity contribution is 0.353. The third kappa shape index (κ3) is 3.63. The Bertz CT molecular complexity index is 352. The van der Waals surface area contributed by atoms with Crippen LogP contribution in [-0.2, 0) is 0 Å². The van der Waals surface area contributed by atoms with E-state index in [0.29, 0.717) is 5.92 Å². The lowest BCUT2D eigenvalue weighted by atomic mass is 9.95. The zero-order chi connectivity index (χ0) is 12.8. The van der Waals surface area contributed by atoms with Crippen molar-refractivity contribution < 1.29 is 9.47 Å². The molecule has 0 spiro atoms. The van der Waals surface area contributed by atoms with Gasteiger partial charge in [0.1, 0.15) is 0 Å². The topological polar surface area (TPSA) is 44.5 Å². The van der Waals surface area contributed by atoms with Gasteiger partial charge in [-0.1, -0.05) is 26.3 Å². The molecular weight excluding hydrogens is 214 g/mol. The average molecular weight is 237 g/mol. The highest BCUT2D eigenvalue weighted by Gasteiger charge is 2.12. The Balaban J connectivity index is 2.84. The van der Waals surface area contributed by atoms with Crippen LogP contribution in [0.4, 0.5) is 0 Å². The summed E-state index contributed by atoms with van der Waals surface area (Å²) in [7, 11) is 3.28. The second-order valence-corrected chi connectivity index (χ2v) is 4.47. The van der Waals surface area contributed by atoms with Crippen molar-refractivity contribution in [3.63, 3.8) is 0 Å². The summed E-state index contributed by atoms with van der Waals surface area (Å²) >= 11 is 0. The fourth-order valence-electron chi connectivity index (χ4n) is 1.82. The molecular formula is C14H23NO2. The number of ether oxygens (including phenoxy) is 2. The molecule has 2 atom stereocenters. The van der Waals surface area contributed by atoms with Gasteiger partial charge in [0, 0.05) is 6.04 Å². The van der Waals surface area contributed by atoms with Crippen LogP contribution in [0, 0.1) is 5.92 Å². The summed E-state index contributed by atoms with van der Waals surface area (Å²) in [4.78, 5) is 0. The number of nitrogens with two attached hydrogens (primary N) is 1. The summed E-state index contributed by atoms with van der Waals surface area (Å²) in [5, 5.41) is 0. The Kier molecular flexibility index (Phi) is 5.29. The molecule has 17 heavy (non-hydrogen) atoms. The van der Waals surface area contributed by atoms with Crippen LogP contribution in [0.5, 0.6) is 11.5 Å². The normalized spacial score (nSPS) is 14.2. The van der Waals surface area contributed by atoms with Crippen molar-refractivity contribution >= 4 is 0 Å². The SMILES string of the molecule is CCC(C)CC(N)c1ccc(OC)c(OC)c1. The van der Waals surface area contributed by atoms with Crippen LogP contribution in [0.3, 0.4) is 0 Å². The van der Waals surface area contributed by atoms with Gasteiger partial charge in [-0.05, 0) is 30.0 Å². The number of hydrogen-bond donors (Lipinski definition) is 1.